The highest BCUT2D eigenvalue weighted by Gasteiger charge is 2.17. The monoisotopic (exact) mass is 215 g/mol. The SMILES string of the molecule is Fc1cccc(C[C@H]2CCON2)c1Cl. The van der Waals surface area contributed by atoms with Crippen LogP contribution in [0.25, 0.3) is 0 Å². The van der Waals surface area contributed by atoms with Gasteiger partial charge in [-0.2, -0.15) is 5.48 Å². The Morgan fingerprint density at radius 3 is 3.14 bits per heavy atom. The van der Waals surface area contributed by atoms with Gasteiger partial charge in [-0.15, -0.1) is 0 Å². The number of rotatable bonds is 2. The van der Waals surface area contributed by atoms with Crippen molar-refractivity contribution < 1.29 is 9.23 Å². The van der Waals surface area contributed by atoms with Crippen LogP contribution >= 0.6 is 11.6 Å². The number of hydrogen-bond acceptors (Lipinski definition) is 2. The van der Waals surface area contributed by atoms with Crippen LogP contribution < -0.4 is 5.48 Å². The summed E-state index contributed by atoms with van der Waals surface area (Å²) in [5.74, 6) is -0.358. The topological polar surface area (TPSA) is 21.3 Å². The lowest BCUT2D eigenvalue weighted by atomic mass is 10.0. The first-order valence-electron chi connectivity index (χ1n) is 4.57. The molecule has 0 aromatic heterocycles. The second-order valence-corrected chi connectivity index (χ2v) is 3.75. The molecule has 1 N–H and O–H groups in total. The first kappa shape index (κ1) is 9.90. The summed E-state index contributed by atoms with van der Waals surface area (Å²) in [6, 6.07) is 5.12. The van der Waals surface area contributed by atoms with E-state index in [9.17, 15) is 4.39 Å². The molecule has 2 rings (SSSR count). The van der Waals surface area contributed by atoms with Crippen molar-refractivity contribution >= 4 is 11.6 Å². The zero-order valence-corrected chi connectivity index (χ0v) is 8.35. The van der Waals surface area contributed by atoms with E-state index >= 15 is 0 Å². The molecular formula is C10H11ClFNO. The van der Waals surface area contributed by atoms with E-state index in [1.165, 1.54) is 6.07 Å². The molecule has 14 heavy (non-hydrogen) atoms. The summed E-state index contributed by atoms with van der Waals surface area (Å²) in [6.45, 7) is 0.706. The predicted molar refractivity (Wildman–Crippen MR) is 52.6 cm³/mol. The maximum Gasteiger partial charge on any atom is 0.142 e. The van der Waals surface area contributed by atoms with Gasteiger partial charge in [-0.25, -0.2) is 4.39 Å². The average Bonchev–Trinajstić information content (AvgIpc) is 2.66. The Labute approximate surface area is 87.0 Å². The minimum atomic E-state index is -0.358. The first-order chi connectivity index (χ1) is 6.77. The Morgan fingerprint density at radius 2 is 2.43 bits per heavy atom. The first-order valence-corrected chi connectivity index (χ1v) is 4.95. The van der Waals surface area contributed by atoms with Crippen LogP contribution in [-0.2, 0) is 11.3 Å². The molecule has 2 nitrogen and oxygen atoms in total. The van der Waals surface area contributed by atoms with E-state index in [4.69, 9.17) is 16.4 Å². The molecule has 1 atom stereocenters. The van der Waals surface area contributed by atoms with Crippen molar-refractivity contribution in [1.82, 2.24) is 5.48 Å². The molecule has 0 amide bonds. The third kappa shape index (κ3) is 2.05. The normalized spacial score (nSPS) is 21.4. The van der Waals surface area contributed by atoms with Gasteiger partial charge in [0.25, 0.3) is 0 Å². The van der Waals surface area contributed by atoms with E-state index in [-0.39, 0.29) is 16.9 Å². The van der Waals surface area contributed by atoms with Crippen LogP contribution in [0, 0.1) is 5.82 Å². The van der Waals surface area contributed by atoms with Gasteiger partial charge >= 0.3 is 0 Å². The Balaban J connectivity index is 2.11. The van der Waals surface area contributed by atoms with Crippen molar-refractivity contribution in [2.45, 2.75) is 18.9 Å². The smallest absolute Gasteiger partial charge is 0.142 e. The van der Waals surface area contributed by atoms with Gasteiger partial charge in [-0.1, -0.05) is 23.7 Å². The van der Waals surface area contributed by atoms with Gasteiger partial charge in [0, 0.05) is 6.04 Å². The van der Waals surface area contributed by atoms with E-state index in [1.807, 2.05) is 6.07 Å². The second kappa shape index (κ2) is 4.26. The molecule has 76 valence electrons. The van der Waals surface area contributed by atoms with Gasteiger partial charge in [0.2, 0.25) is 0 Å². The van der Waals surface area contributed by atoms with E-state index < -0.39 is 0 Å². The third-order valence-corrected chi connectivity index (χ3v) is 2.74. The molecule has 0 saturated carbocycles. The van der Waals surface area contributed by atoms with Gasteiger partial charge in [-0.3, -0.25) is 0 Å². The lowest BCUT2D eigenvalue weighted by Crippen LogP contribution is -2.22. The summed E-state index contributed by atoms with van der Waals surface area (Å²) < 4.78 is 13.1. The fourth-order valence-corrected chi connectivity index (χ4v) is 1.76. The zero-order valence-electron chi connectivity index (χ0n) is 7.59. The molecule has 1 aliphatic rings. The Bertz CT molecular complexity index is 326. The van der Waals surface area contributed by atoms with Crippen LogP contribution in [-0.4, -0.2) is 12.6 Å². The van der Waals surface area contributed by atoms with Crippen molar-refractivity contribution in [3.05, 3.63) is 34.6 Å². The van der Waals surface area contributed by atoms with Crippen LogP contribution in [0.15, 0.2) is 18.2 Å². The zero-order chi connectivity index (χ0) is 9.97. The molecule has 1 aromatic rings. The molecule has 0 aliphatic carbocycles. The summed E-state index contributed by atoms with van der Waals surface area (Å²) in [6.07, 6.45) is 1.64. The molecule has 4 heteroatoms. The molecule has 0 spiro atoms. The maximum atomic E-state index is 13.1. The van der Waals surface area contributed by atoms with E-state index in [2.05, 4.69) is 5.48 Å². The van der Waals surface area contributed by atoms with Crippen LogP contribution in [0.3, 0.4) is 0 Å². The molecule has 1 aliphatic heterocycles. The van der Waals surface area contributed by atoms with Gasteiger partial charge in [0.15, 0.2) is 0 Å². The fraction of sp³-hybridized carbons (Fsp3) is 0.400. The van der Waals surface area contributed by atoms with Crippen LogP contribution in [0.2, 0.25) is 5.02 Å². The lowest BCUT2D eigenvalue weighted by Gasteiger charge is -2.09. The summed E-state index contributed by atoms with van der Waals surface area (Å²) in [7, 11) is 0. The number of hydroxylamine groups is 1. The molecule has 0 radical (unpaired) electrons. The Morgan fingerprint density at radius 1 is 1.57 bits per heavy atom. The van der Waals surface area contributed by atoms with Gasteiger partial charge < -0.3 is 4.84 Å². The second-order valence-electron chi connectivity index (χ2n) is 3.37. The van der Waals surface area contributed by atoms with E-state index in [0.29, 0.717) is 13.0 Å². The molecule has 1 saturated heterocycles. The molecule has 1 fully saturated rings. The van der Waals surface area contributed by atoms with Crippen molar-refractivity contribution in [2.75, 3.05) is 6.61 Å². The lowest BCUT2D eigenvalue weighted by molar-refractivity contribution is 0.0883. The Hall–Kier alpha value is -0.640. The van der Waals surface area contributed by atoms with Gasteiger partial charge in [-0.05, 0) is 24.5 Å². The highest BCUT2D eigenvalue weighted by atomic mass is 35.5. The fourth-order valence-electron chi connectivity index (χ4n) is 1.55. The molecule has 0 unspecified atom stereocenters. The highest BCUT2D eigenvalue weighted by Crippen LogP contribution is 2.22. The number of hydrogen-bond donors (Lipinski definition) is 1. The van der Waals surface area contributed by atoms with Crippen molar-refractivity contribution in [1.29, 1.82) is 0 Å². The average molecular weight is 216 g/mol. The van der Waals surface area contributed by atoms with Crippen molar-refractivity contribution in [3.63, 3.8) is 0 Å². The number of halogens is 2. The summed E-state index contributed by atoms with van der Waals surface area (Å²) in [4.78, 5) is 5.01. The van der Waals surface area contributed by atoms with Crippen molar-refractivity contribution in [2.24, 2.45) is 0 Å². The number of benzene rings is 1. The third-order valence-electron chi connectivity index (χ3n) is 2.32. The largest absolute Gasteiger partial charge is 0.301 e. The quantitative estimate of drug-likeness (QED) is 0.818. The summed E-state index contributed by atoms with van der Waals surface area (Å²) in [5, 5.41) is 0.223. The summed E-state index contributed by atoms with van der Waals surface area (Å²) in [5.41, 5.74) is 3.70. The van der Waals surface area contributed by atoms with E-state index in [1.54, 1.807) is 6.07 Å². The Kier molecular flexibility index (Phi) is 3.01. The van der Waals surface area contributed by atoms with Crippen LogP contribution in [0.5, 0.6) is 0 Å². The standard InChI is InChI=1S/C10H11ClFNO/c11-10-7(2-1-3-9(10)12)6-8-4-5-14-13-8/h1-3,8,13H,4-6H2/t8-/m1/s1. The minimum Gasteiger partial charge on any atom is -0.301 e. The predicted octanol–water partition coefficient (Wildman–Crippen LogP) is 2.32. The molecule has 1 heterocycles. The molecule has 1 aromatic carbocycles. The van der Waals surface area contributed by atoms with Crippen LogP contribution in [0.1, 0.15) is 12.0 Å². The highest BCUT2D eigenvalue weighted by molar-refractivity contribution is 6.31. The molecular weight excluding hydrogens is 205 g/mol. The van der Waals surface area contributed by atoms with Crippen LogP contribution in [0.4, 0.5) is 4.39 Å². The van der Waals surface area contributed by atoms with Crippen molar-refractivity contribution in [3.8, 4) is 0 Å². The maximum absolute atomic E-state index is 13.1. The summed E-state index contributed by atoms with van der Waals surface area (Å²) >= 11 is 5.83. The molecule has 0 bridgehead atoms. The van der Waals surface area contributed by atoms with Gasteiger partial charge in [0.1, 0.15) is 5.82 Å². The van der Waals surface area contributed by atoms with Gasteiger partial charge in [0.05, 0.1) is 11.6 Å². The minimum absolute atomic E-state index is 0.223. The number of nitrogens with one attached hydrogen (secondary N) is 1. The van der Waals surface area contributed by atoms with E-state index in [0.717, 1.165) is 12.0 Å².